The lowest BCUT2D eigenvalue weighted by molar-refractivity contribution is 0.0645. The highest BCUT2D eigenvalue weighted by Gasteiger charge is 2.26. The average Bonchev–Trinajstić information content (AvgIpc) is 2.59. The molecule has 1 aromatic carbocycles. The second-order valence-corrected chi connectivity index (χ2v) is 6.54. The van der Waals surface area contributed by atoms with Crippen LogP contribution in [-0.2, 0) is 6.42 Å². The predicted octanol–water partition coefficient (Wildman–Crippen LogP) is 2.58. The van der Waals surface area contributed by atoms with Gasteiger partial charge in [-0.3, -0.25) is 0 Å². The van der Waals surface area contributed by atoms with Gasteiger partial charge >= 0.3 is 0 Å². The van der Waals surface area contributed by atoms with E-state index in [0.717, 1.165) is 13.0 Å². The fraction of sp³-hybridized carbons (Fsp3) is 0.647. The number of hydrogen-bond acceptors (Lipinski definition) is 3. The third kappa shape index (κ3) is 4.22. The molecule has 1 aliphatic heterocycles. The van der Waals surface area contributed by atoms with Crippen LogP contribution in [-0.4, -0.2) is 36.4 Å². The molecule has 2 rings (SSSR count). The van der Waals surface area contributed by atoms with Gasteiger partial charge in [0.25, 0.3) is 0 Å². The van der Waals surface area contributed by atoms with Gasteiger partial charge in [-0.15, -0.1) is 0 Å². The quantitative estimate of drug-likeness (QED) is 0.867. The Morgan fingerprint density at radius 3 is 2.80 bits per heavy atom. The number of para-hydroxylation sites is 1. The van der Waals surface area contributed by atoms with Gasteiger partial charge in [-0.2, -0.15) is 0 Å². The van der Waals surface area contributed by atoms with Crippen molar-refractivity contribution in [1.29, 1.82) is 0 Å². The molecule has 0 aliphatic carbocycles. The van der Waals surface area contributed by atoms with Gasteiger partial charge in [0, 0.05) is 31.4 Å². The van der Waals surface area contributed by atoms with Gasteiger partial charge in [-0.25, -0.2) is 0 Å². The van der Waals surface area contributed by atoms with Gasteiger partial charge < -0.3 is 15.3 Å². The zero-order valence-electron chi connectivity index (χ0n) is 13.0. The fourth-order valence-electron chi connectivity index (χ4n) is 2.82. The normalized spacial score (nSPS) is 18.6. The fourth-order valence-corrected chi connectivity index (χ4v) is 2.82. The van der Waals surface area contributed by atoms with Gasteiger partial charge in [0.1, 0.15) is 0 Å². The van der Waals surface area contributed by atoms with Crippen LogP contribution in [0.15, 0.2) is 24.3 Å². The summed E-state index contributed by atoms with van der Waals surface area (Å²) in [6.45, 7) is 8.49. The summed E-state index contributed by atoms with van der Waals surface area (Å²) in [6.07, 6.45) is 3.58. The van der Waals surface area contributed by atoms with E-state index < -0.39 is 5.60 Å². The maximum absolute atomic E-state index is 10.6. The molecule has 3 heteroatoms. The van der Waals surface area contributed by atoms with E-state index in [9.17, 15) is 5.11 Å². The number of nitrogens with one attached hydrogen (secondary N) is 1. The molecule has 0 saturated heterocycles. The van der Waals surface area contributed by atoms with Crippen LogP contribution in [0.5, 0.6) is 0 Å². The highest BCUT2D eigenvalue weighted by Crippen LogP contribution is 2.27. The highest BCUT2D eigenvalue weighted by molar-refractivity contribution is 5.54. The molecule has 20 heavy (non-hydrogen) atoms. The summed E-state index contributed by atoms with van der Waals surface area (Å²) in [6, 6.07) is 9.01. The van der Waals surface area contributed by atoms with E-state index in [1.165, 1.54) is 24.1 Å². The van der Waals surface area contributed by atoms with Crippen molar-refractivity contribution in [3.63, 3.8) is 0 Å². The Bertz CT molecular complexity index is 429. The van der Waals surface area contributed by atoms with Crippen molar-refractivity contribution in [2.75, 3.05) is 24.5 Å². The Labute approximate surface area is 123 Å². The summed E-state index contributed by atoms with van der Waals surface area (Å²) in [5, 5.41) is 14.0. The van der Waals surface area contributed by atoms with Crippen LogP contribution in [0, 0.1) is 0 Å². The largest absolute Gasteiger partial charge is 0.387 e. The highest BCUT2D eigenvalue weighted by atomic mass is 16.3. The van der Waals surface area contributed by atoms with Crippen LogP contribution in [0.4, 0.5) is 5.69 Å². The van der Waals surface area contributed by atoms with E-state index in [1.807, 2.05) is 6.92 Å². The monoisotopic (exact) mass is 276 g/mol. The zero-order chi connectivity index (χ0) is 14.6. The first kappa shape index (κ1) is 15.3. The molecule has 0 fully saturated rings. The van der Waals surface area contributed by atoms with Gasteiger partial charge in [0.05, 0.1) is 5.60 Å². The molecule has 0 spiro atoms. The Balaban J connectivity index is 2.08. The molecule has 0 amide bonds. The Kier molecular flexibility index (Phi) is 5.06. The molecule has 0 bridgehead atoms. The molecule has 3 nitrogen and oxygen atoms in total. The number of anilines is 1. The molecule has 1 aliphatic rings. The number of nitrogens with zero attached hydrogens (tertiary/aromatic N) is 1. The summed E-state index contributed by atoms with van der Waals surface area (Å²) in [5.41, 5.74) is 2.01. The van der Waals surface area contributed by atoms with E-state index in [0.29, 0.717) is 19.1 Å². The van der Waals surface area contributed by atoms with Crippen LogP contribution in [0.2, 0.25) is 0 Å². The lowest BCUT2D eigenvalue weighted by Gasteiger charge is -2.34. The molecular weight excluding hydrogens is 248 g/mol. The first-order chi connectivity index (χ1) is 9.48. The van der Waals surface area contributed by atoms with Crippen molar-refractivity contribution in [1.82, 2.24) is 5.32 Å². The van der Waals surface area contributed by atoms with Crippen molar-refractivity contribution >= 4 is 5.69 Å². The van der Waals surface area contributed by atoms with Gasteiger partial charge in [0.2, 0.25) is 0 Å². The average molecular weight is 276 g/mol. The van der Waals surface area contributed by atoms with Gasteiger partial charge in [0.15, 0.2) is 0 Å². The minimum Gasteiger partial charge on any atom is -0.387 e. The first-order valence-electron chi connectivity index (χ1n) is 7.76. The van der Waals surface area contributed by atoms with Crippen LogP contribution in [0.3, 0.4) is 0 Å². The van der Waals surface area contributed by atoms with Crippen molar-refractivity contribution < 1.29 is 5.11 Å². The maximum atomic E-state index is 10.6. The maximum Gasteiger partial charge on any atom is 0.0917 e. The molecule has 1 unspecified atom stereocenters. The van der Waals surface area contributed by atoms with Crippen molar-refractivity contribution in [3.8, 4) is 0 Å². The van der Waals surface area contributed by atoms with Crippen LogP contribution < -0.4 is 10.2 Å². The Hall–Kier alpha value is -1.06. The zero-order valence-corrected chi connectivity index (χ0v) is 13.0. The number of hydrogen-bond donors (Lipinski definition) is 2. The molecule has 1 heterocycles. The Morgan fingerprint density at radius 1 is 1.30 bits per heavy atom. The summed E-state index contributed by atoms with van der Waals surface area (Å²) in [5.74, 6) is 0. The minimum atomic E-state index is -0.707. The van der Waals surface area contributed by atoms with E-state index in [2.05, 4.69) is 48.3 Å². The van der Waals surface area contributed by atoms with E-state index in [4.69, 9.17) is 0 Å². The van der Waals surface area contributed by atoms with Crippen LogP contribution >= 0.6 is 0 Å². The summed E-state index contributed by atoms with van der Waals surface area (Å²) in [7, 11) is 0. The summed E-state index contributed by atoms with van der Waals surface area (Å²) in [4.78, 5) is 2.35. The number of aryl methyl sites for hydroxylation is 1. The molecule has 1 aromatic rings. The Morgan fingerprint density at radius 2 is 2.05 bits per heavy atom. The standard InChI is InChI=1S/C17H28N2O/c1-14(2)18-12-17(3,20)13-19-11-7-6-9-15-8-4-5-10-16(15)19/h4-5,8,10,14,18,20H,6-7,9,11-13H2,1-3H3. The number of benzene rings is 1. The van der Waals surface area contributed by atoms with E-state index >= 15 is 0 Å². The number of rotatable bonds is 5. The van der Waals surface area contributed by atoms with Gasteiger partial charge in [-0.05, 0) is 37.8 Å². The lowest BCUT2D eigenvalue weighted by atomic mass is 10.0. The second-order valence-electron chi connectivity index (χ2n) is 6.54. The summed E-state index contributed by atoms with van der Waals surface area (Å²) >= 11 is 0. The molecule has 0 aromatic heterocycles. The molecule has 0 radical (unpaired) electrons. The molecular formula is C17H28N2O. The third-order valence-corrected chi connectivity index (χ3v) is 3.88. The topological polar surface area (TPSA) is 35.5 Å². The predicted molar refractivity (Wildman–Crippen MR) is 85.4 cm³/mol. The second kappa shape index (κ2) is 6.59. The molecule has 1 atom stereocenters. The molecule has 2 N–H and O–H groups in total. The van der Waals surface area contributed by atoms with Crippen molar-refractivity contribution in [3.05, 3.63) is 29.8 Å². The minimum absolute atomic E-state index is 0.401. The number of fused-ring (bicyclic) bond motifs is 1. The van der Waals surface area contributed by atoms with Crippen LogP contribution in [0.1, 0.15) is 39.2 Å². The van der Waals surface area contributed by atoms with Crippen LogP contribution in [0.25, 0.3) is 0 Å². The first-order valence-corrected chi connectivity index (χ1v) is 7.76. The van der Waals surface area contributed by atoms with Crippen molar-refractivity contribution in [2.45, 2.75) is 51.7 Å². The van der Waals surface area contributed by atoms with Crippen molar-refractivity contribution in [2.24, 2.45) is 0 Å². The number of aliphatic hydroxyl groups is 1. The third-order valence-electron chi connectivity index (χ3n) is 3.88. The molecule has 0 saturated carbocycles. The van der Waals surface area contributed by atoms with Gasteiger partial charge in [-0.1, -0.05) is 32.0 Å². The smallest absolute Gasteiger partial charge is 0.0917 e. The SMILES string of the molecule is CC(C)NCC(C)(O)CN1CCCCc2ccccc21. The van der Waals surface area contributed by atoms with E-state index in [1.54, 1.807) is 0 Å². The number of β-amino-alcohol motifs (C(OH)–C–C–N with tert-alkyl or cyclic N) is 1. The van der Waals surface area contributed by atoms with E-state index in [-0.39, 0.29) is 0 Å². The lowest BCUT2D eigenvalue weighted by Crippen LogP contribution is -2.49. The molecule has 112 valence electrons. The summed E-state index contributed by atoms with van der Waals surface area (Å²) < 4.78 is 0.